The van der Waals surface area contributed by atoms with Crippen LogP contribution in [0.2, 0.25) is 0 Å². The Bertz CT molecular complexity index is 949. The van der Waals surface area contributed by atoms with E-state index in [-0.39, 0.29) is 12.4 Å². The van der Waals surface area contributed by atoms with Crippen molar-refractivity contribution in [2.24, 2.45) is 0 Å². The molecule has 1 heterocycles. The van der Waals surface area contributed by atoms with Crippen LogP contribution >= 0.6 is 0 Å². The van der Waals surface area contributed by atoms with Crippen molar-refractivity contribution in [2.45, 2.75) is 6.61 Å². The Morgan fingerprint density at radius 2 is 1.54 bits per heavy atom. The van der Waals surface area contributed by atoms with Gasteiger partial charge < -0.3 is 13.9 Å². The van der Waals surface area contributed by atoms with Gasteiger partial charge in [0, 0.05) is 5.56 Å². The van der Waals surface area contributed by atoms with E-state index >= 15 is 0 Å². The van der Waals surface area contributed by atoms with Crippen molar-refractivity contribution in [3.63, 3.8) is 0 Å². The average Bonchev–Trinajstić information content (AvgIpc) is 3.21. The zero-order valence-corrected chi connectivity index (χ0v) is 14.8. The summed E-state index contributed by atoms with van der Waals surface area (Å²) in [6.45, 7) is -0.461. The Morgan fingerprint density at radius 3 is 2.25 bits per heavy atom. The molecule has 1 aromatic heterocycles. The van der Waals surface area contributed by atoms with Crippen LogP contribution in [0.5, 0.6) is 5.75 Å². The smallest absolute Gasteiger partial charge is 0.374 e. The van der Waals surface area contributed by atoms with E-state index in [1.165, 1.54) is 6.07 Å². The van der Waals surface area contributed by atoms with Crippen LogP contribution in [0.15, 0.2) is 77.2 Å². The van der Waals surface area contributed by atoms with Crippen molar-refractivity contribution in [2.75, 3.05) is 6.61 Å². The molecule has 0 atom stereocenters. The highest BCUT2D eigenvalue weighted by Gasteiger charge is 2.16. The monoisotopic (exact) mass is 379 g/mol. The normalized spacial score (nSPS) is 10.1. The van der Waals surface area contributed by atoms with Crippen LogP contribution in [-0.2, 0) is 16.1 Å². The molecule has 3 rings (SSSR count). The first-order valence-electron chi connectivity index (χ1n) is 8.45. The number of imide groups is 1. The number of benzene rings is 2. The van der Waals surface area contributed by atoms with Gasteiger partial charge in [-0.1, -0.05) is 36.4 Å². The standard InChI is InChI=1S/C21H17NO6/c23-19(22-20(24)15-7-3-1-4-8-15)14-27-21(25)18-12-11-17(28-18)13-26-16-9-5-2-6-10-16/h1-12H,13-14H2,(H,22,23,24). The van der Waals surface area contributed by atoms with Gasteiger partial charge in [-0.25, -0.2) is 4.79 Å². The fourth-order valence-corrected chi connectivity index (χ4v) is 2.26. The number of rotatable bonds is 7. The third kappa shape index (κ3) is 5.31. The number of carbonyl (C=O) groups is 3. The first-order chi connectivity index (χ1) is 13.6. The summed E-state index contributed by atoms with van der Waals surface area (Å²) >= 11 is 0. The van der Waals surface area contributed by atoms with Crippen molar-refractivity contribution >= 4 is 17.8 Å². The quantitative estimate of drug-likeness (QED) is 0.634. The minimum Gasteiger partial charge on any atom is -0.486 e. The molecular weight excluding hydrogens is 362 g/mol. The maximum atomic E-state index is 12.0. The first-order valence-corrected chi connectivity index (χ1v) is 8.45. The van der Waals surface area contributed by atoms with Gasteiger partial charge in [-0.2, -0.15) is 0 Å². The third-order valence-electron chi connectivity index (χ3n) is 3.61. The average molecular weight is 379 g/mol. The fraction of sp³-hybridized carbons (Fsp3) is 0.0952. The summed E-state index contributed by atoms with van der Waals surface area (Å²) in [6, 6.07) is 20.4. The second kappa shape index (κ2) is 9.18. The molecule has 0 fully saturated rings. The van der Waals surface area contributed by atoms with Gasteiger partial charge in [0.05, 0.1) is 0 Å². The minimum absolute atomic E-state index is 0.0613. The van der Waals surface area contributed by atoms with E-state index in [2.05, 4.69) is 5.32 Å². The molecule has 28 heavy (non-hydrogen) atoms. The molecule has 0 spiro atoms. The third-order valence-corrected chi connectivity index (χ3v) is 3.61. The zero-order valence-electron chi connectivity index (χ0n) is 14.8. The second-order valence-electron chi connectivity index (χ2n) is 5.69. The first kappa shape index (κ1) is 18.9. The highest BCUT2D eigenvalue weighted by Crippen LogP contribution is 2.14. The molecule has 142 valence electrons. The van der Waals surface area contributed by atoms with Gasteiger partial charge in [0.15, 0.2) is 6.61 Å². The van der Waals surface area contributed by atoms with Crippen LogP contribution in [0.25, 0.3) is 0 Å². The molecule has 0 bridgehead atoms. The Balaban J connectivity index is 1.45. The molecule has 0 unspecified atom stereocenters. The topological polar surface area (TPSA) is 94.8 Å². The molecule has 7 heteroatoms. The SMILES string of the molecule is O=C(COC(=O)c1ccc(COc2ccccc2)o1)NC(=O)c1ccccc1. The van der Waals surface area contributed by atoms with Gasteiger partial charge in [0.1, 0.15) is 18.1 Å². The summed E-state index contributed by atoms with van der Waals surface area (Å²) in [5.74, 6) is -1.08. The van der Waals surface area contributed by atoms with Gasteiger partial charge in [-0.05, 0) is 36.4 Å². The maximum Gasteiger partial charge on any atom is 0.374 e. The Labute approximate surface area is 160 Å². The van der Waals surface area contributed by atoms with Crippen molar-refractivity contribution in [1.29, 1.82) is 0 Å². The largest absolute Gasteiger partial charge is 0.486 e. The van der Waals surface area contributed by atoms with Crippen molar-refractivity contribution in [3.05, 3.63) is 89.9 Å². The summed E-state index contributed by atoms with van der Waals surface area (Å²) < 4.78 is 15.7. The molecule has 7 nitrogen and oxygen atoms in total. The number of para-hydroxylation sites is 1. The molecule has 0 aliphatic rings. The van der Waals surface area contributed by atoms with Gasteiger partial charge in [0.2, 0.25) is 5.76 Å². The highest BCUT2D eigenvalue weighted by molar-refractivity contribution is 6.05. The molecule has 0 aliphatic carbocycles. The summed E-state index contributed by atoms with van der Waals surface area (Å²) in [5.41, 5.74) is 0.330. The molecule has 0 saturated carbocycles. The van der Waals surface area contributed by atoms with Crippen LogP contribution in [0, 0.1) is 0 Å². The maximum absolute atomic E-state index is 12.0. The number of hydrogen-bond acceptors (Lipinski definition) is 6. The van der Waals surface area contributed by atoms with E-state index in [9.17, 15) is 14.4 Å². The predicted octanol–water partition coefficient (Wildman–Crippen LogP) is 2.97. The molecule has 0 aliphatic heterocycles. The highest BCUT2D eigenvalue weighted by atomic mass is 16.6. The van der Waals surface area contributed by atoms with Crippen LogP contribution in [0.3, 0.4) is 0 Å². The van der Waals surface area contributed by atoms with Gasteiger partial charge >= 0.3 is 5.97 Å². The number of amides is 2. The lowest BCUT2D eigenvalue weighted by Gasteiger charge is -2.05. The molecule has 2 amide bonds. The van der Waals surface area contributed by atoms with E-state index in [0.717, 1.165) is 0 Å². The number of nitrogens with one attached hydrogen (secondary N) is 1. The number of furan rings is 1. The molecule has 1 N–H and O–H groups in total. The van der Waals surface area contributed by atoms with E-state index in [0.29, 0.717) is 17.1 Å². The van der Waals surface area contributed by atoms with E-state index in [1.807, 2.05) is 18.2 Å². The van der Waals surface area contributed by atoms with Crippen molar-refractivity contribution < 1.29 is 28.3 Å². The molecule has 2 aromatic carbocycles. The lowest BCUT2D eigenvalue weighted by Crippen LogP contribution is -2.34. The number of ether oxygens (including phenoxy) is 2. The summed E-state index contributed by atoms with van der Waals surface area (Å²) in [6.07, 6.45) is 0. The van der Waals surface area contributed by atoms with Crippen molar-refractivity contribution in [3.8, 4) is 5.75 Å². The summed E-state index contributed by atoms with van der Waals surface area (Å²) in [5, 5.41) is 2.14. The molecular formula is C21H17NO6. The van der Waals surface area contributed by atoms with Crippen LogP contribution in [0.4, 0.5) is 0 Å². The number of carbonyl (C=O) groups excluding carboxylic acids is 3. The Morgan fingerprint density at radius 1 is 0.857 bits per heavy atom. The lowest BCUT2D eigenvalue weighted by molar-refractivity contribution is -0.123. The van der Waals surface area contributed by atoms with Crippen molar-refractivity contribution in [1.82, 2.24) is 5.32 Å². The van der Waals surface area contributed by atoms with Gasteiger partial charge in [-0.3, -0.25) is 14.9 Å². The lowest BCUT2D eigenvalue weighted by atomic mass is 10.2. The molecule has 3 aromatic rings. The minimum atomic E-state index is -0.812. The van der Waals surface area contributed by atoms with Crippen LogP contribution < -0.4 is 10.1 Å². The zero-order chi connectivity index (χ0) is 19.8. The van der Waals surface area contributed by atoms with E-state index in [1.54, 1.807) is 48.5 Å². The second-order valence-corrected chi connectivity index (χ2v) is 5.69. The number of esters is 1. The van der Waals surface area contributed by atoms with Crippen LogP contribution in [0.1, 0.15) is 26.7 Å². The van der Waals surface area contributed by atoms with E-state index < -0.39 is 24.4 Å². The van der Waals surface area contributed by atoms with Crippen LogP contribution in [-0.4, -0.2) is 24.4 Å². The fourth-order valence-electron chi connectivity index (χ4n) is 2.26. The Hall–Kier alpha value is -3.87. The van der Waals surface area contributed by atoms with Gasteiger partial charge in [0.25, 0.3) is 11.8 Å². The van der Waals surface area contributed by atoms with Gasteiger partial charge in [-0.15, -0.1) is 0 Å². The predicted molar refractivity (Wildman–Crippen MR) is 98.7 cm³/mol. The molecule has 0 radical (unpaired) electrons. The number of hydrogen-bond donors (Lipinski definition) is 1. The summed E-state index contributed by atoms with van der Waals surface area (Å²) in [7, 11) is 0. The Kier molecular flexibility index (Phi) is 6.20. The molecule has 0 saturated heterocycles. The summed E-state index contributed by atoms with van der Waals surface area (Å²) in [4.78, 5) is 35.6. The van der Waals surface area contributed by atoms with E-state index in [4.69, 9.17) is 13.9 Å².